The Bertz CT molecular complexity index is 131. The maximum atomic E-state index is 10.2. The van der Waals surface area contributed by atoms with E-state index in [1.54, 1.807) is 0 Å². The van der Waals surface area contributed by atoms with Gasteiger partial charge in [0.05, 0.1) is 6.61 Å². The first kappa shape index (κ1) is 15.7. The molecule has 0 aliphatic carbocycles. The largest absolute Gasteiger partial charge is 0.237 e. The van der Waals surface area contributed by atoms with Crippen molar-refractivity contribution in [2.75, 3.05) is 6.61 Å². The van der Waals surface area contributed by atoms with Crippen molar-refractivity contribution < 1.29 is 5.11 Å². The van der Waals surface area contributed by atoms with E-state index in [0.29, 0.717) is 0 Å². The highest BCUT2D eigenvalue weighted by molar-refractivity contribution is 4.65. The van der Waals surface area contributed by atoms with Gasteiger partial charge < -0.3 is 0 Å². The second-order valence-electron chi connectivity index (χ2n) is 4.67. The molecular weight excluding hydrogens is 196 g/mol. The van der Waals surface area contributed by atoms with Crippen LogP contribution in [0.4, 0.5) is 0 Å². The van der Waals surface area contributed by atoms with Crippen LogP contribution in [0, 0.1) is 0 Å². The highest BCUT2D eigenvalue weighted by atomic mass is 16.2. The Hall–Kier alpha value is -0.300. The molecule has 16 heavy (non-hydrogen) atoms. The van der Waals surface area contributed by atoms with Crippen molar-refractivity contribution in [3.63, 3.8) is 0 Å². The van der Waals surface area contributed by atoms with Crippen molar-refractivity contribution in [1.29, 1.82) is 0 Å². The fraction of sp³-hybridized carbons (Fsp3) is 0.867. The van der Waals surface area contributed by atoms with Crippen molar-refractivity contribution in [1.82, 2.24) is 0 Å². The SMILES string of the molecule is C=CCCCCCCCCCCCCC[O]. The molecule has 1 radical (unpaired) electrons. The van der Waals surface area contributed by atoms with E-state index in [9.17, 15) is 5.11 Å². The van der Waals surface area contributed by atoms with E-state index in [0.717, 1.165) is 12.8 Å². The smallest absolute Gasteiger partial charge is 0.0822 e. The molecule has 95 valence electrons. The molecule has 0 spiro atoms. The molecule has 0 heterocycles. The van der Waals surface area contributed by atoms with E-state index in [1.165, 1.54) is 64.2 Å². The molecule has 0 aromatic heterocycles. The summed E-state index contributed by atoms with van der Waals surface area (Å²) >= 11 is 0. The normalized spacial score (nSPS) is 10.6. The lowest BCUT2D eigenvalue weighted by Crippen LogP contribution is -1.84. The van der Waals surface area contributed by atoms with Crippen LogP contribution >= 0.6 is 0 Å². The molecule has 0 aromatic rings. The minimum atomic E-state index is 0.116. The summed E-state index contributed by atoms with van der Waals surface area (Å²) in [6.45, 7) is 3.85. The van der Waals surface area contributed by atoms with Gasteiger partial charge in [0.1, 0.15) is 0 Å². The van der Waals surface area contributed by atoms with Gasteiger partial charge in [-0.3, -0.25) is 0 Å². The van der Waals surface area contributed by atoms with Crippen LogP contribution < -0.4 is 0 Å². The Morgan fingerprint density at radius 3 is 1.38 bits per heavy atom. The third kappa shape index (κ3) is 13.7. The summed E-state index contributed by atoms with van der Waals surface area (Å²) in [5.74, 6) is 0. The molecule has 0 aromatic carbocycles. The summed E-state index contributed by atoms with van der Waals surface area (Å²) in [7, 11) is 0. The first-order valence-corrected chi connectivity index (χ1v) is 7.11. The van der Waals surface area contributed by atoms with Crippen LogP contribution in [0.15, 0.2) is 12.7 Å². The number of unbranched alkanes of at least 4 members (excludes halogenated alkanes) is 11. The average molecular weight is 225 g/mol. The van der Waals surface area contributed by atoms with E-state index in [2.05, 4.69) is 6.58 Å². The maximum Gasteiger partial charge on any atom is 0.0822 e. The predicted molar refractivity (Wildman–Crippen MR) is 71.2 cm³/mol. The van der Waals surface area contributed by atoms with Gasteiger partial charge in [-0.2, -0.15) is 0 Å². The fourth-order valence-electron chi connectivity index (χ4n) is 1.98. The third-order valence-corrected chi connectivity index (χ3v) is 3.05. The predicted octanol–water partition coefficient (Wildman–Crippen LogP) is 5.28. The molecule has 0 atom stereocenters. The summed E-state index contributed by atoms with van der Waals surface area (Å²) < 4.78 is 0. The third-order valence-electron chi connectivity index (χ3n) is 3.05. The van der Waals surface area contributed by atoms with Crippen LogP contribution in [0.25, 0.3) is 0 Å². The number of allylic oxidation sites excluding steroid dienone is 1. The molecule has 0 N–H and O–H groups in total. The quantitative estimate of drug-likeness (QED) is 0.300. The van der Waals surface area contributed by atoms with Gasteiger partial charge in [0.2, 0.25) is 0 Å². The molecule has 1 heteroatoms. The molecular formula is C15H29O. The monoisotopic (exact) mass is 225 g/mol. The zero-order valence-corrected chi connectivity index (χ0v) is 10.9. The molecule has 0 aliphatic heterocycles. The van der Waals surface area contributed by atoms with Gasteiger partial charge in [-0.05, 0) is 19.3 Å². The zero-order valence-electron chi connectivity index (χ0n) is 10.9. The van der Waals surface area contributed by atoms with Crippen LogP contribution in [0.2, 0.25) is 0 Å². The molecule has 0 saturated heterocycles. The molecule has 0 fully saturated rings. The topological polar surface area (TPSA) is 19.9 Å². The van der Waals surface area contributed by atoms with Gasteiger partial charge in [-0.15, -0.1) is 6.58 Å². The lowest BCUT2D eigenvalue weighted by atomic mass is 10.1. The van der Waals surface area contributed by atoms with Crippen LogP contribution in [0.3, 0.4) is 0 Å². The van der Waals surface area contributed by atoms with Crippen molar-refractivity contribution in [2.45, 2.75) is 77.0 Å². The first-order chi connectivity index (χ1) is 7.91. The minimum Gasteiger partial charge on any atom is -0.237 e. The van der Waals surface area contributed by atoms with Crippen LogP contribution in [0.5, 0.6) is 0 Å². The van der Waals surface area contributed by atoms with E-state index in [4.69, 9.17) is 0 Å². The highest BCUT2D eigenvalue weighted by Gasteiger charge is 1.92. The summed E-state index contributed by atoms with van der Waals surface area (Å²) in [6.07, 6.45) is 17.4. The average Bonchev–Trinajstić information content (AvgIpc) is 2.31. The molecule has 1 nitrogen and oxygen atoms in total. The lowest BCUT2D eigenvalue weighted by Gasteiger charge is -2.01. The Labute approximate surface area is 102 Å². The van der Waals surface area contributed by atoms with Crippen LogP contribution in [-0.2, 0) is 5.11 Å². The van der Waals surface area contributed by atoms with Crippen molar-refractivity contribution in [3.05, 3.63) is 12.7 Å². The van der Waals surface area contributed by atoms with Gasteiger partial charge in [0.25, 0.3) is 0 Å². The van der Waals surface area contributed by atoms with Gasteiger partial charge >= 0.3 is 0 Å². The Balaban J connectivity index is 2.85. The molecule has 0 aliphatic rings. The standard InChI is InChI=1S/C15H29O/c1-2-3-4-5-6-7-8-9-10-11-12-13-14-15-16/h2H,1,3-15H2. The summed E-state index contributed by atoms with van der Waals surface area (Å²) in [4.78, 5) is 0. The van der Waals surface area contributed by atoms with Crippen molar-refractivity contribution in [2.24, 2.45) is 0 Å². The van der Waals surface area contributed by atoms with Gasteiger partial charge in [-0.1, -0.05) is 63.9 Å². The summed E-state index contributed by atoms with van der Waals surface area (Å²) in [5.41, 5.74) is 0. The Kier molecular flexibility index (Phi) is 14.4. The Morgan fingerprint density at radius 1 is 0.625 bits per heavy atom. The van der Waals surface area contributed by atoms with Crippen LogP contribution in [-0.4, -0.2) is 6.61 Å². The first-order valence-electron chi connectivity index (χ1n) is 7.11. The molecule has 0 amide bonds. The van der Waals surface area contributed by atoms with Crippen molar-refractivity contribution in [3.8, 4) is 0 Å². The second kappa shape index (κ2) is 14.7. The van der Waals surface area contributed by atoms with Gasteiger partial charge in [0, 0.05) is 0 Å². The van der Waals surface area contributed by atoms with Crippen molar-refractivity contribution >= 4 is 0 Å². The van der Waals surface area contributed by atoms with Crippen LogP contribution in [0.1, 0.15) is 77.0 Å². The van der Waals surface area contributed by atoms with E-state index >= 15 is 0 Å². The highest BCUT2D eigenvalue weighted by Crippen LogP contribution is 2.11. The number of hydrogen-bond donors (Lipinski definition) is 0. The molecule has 0 bridgehead atoms. The number of rotatable bonds is 13. The maximum absolute atomic E-state index is 10.2. The van der Waals surface area contributed by atoms with Gasteiger partial charge in [-0.25, -0.2) is 5.11 Å². The fourth-order valence-corrected chi connectivity index (χ4v) is 1.98. The number of hydrogen-bond acceptors (Lipinski definition) is 0. The summed E-state index contributed by atoms with van der Waals surface area (Å²) in [6, 6.07) is 0. The van der Waals surface area contributed by atoms with E-state index in [1.807, 2.05) is 6.08 Å². The zero-order chi connectivity index (χ0) is 11.9. The molecule has 0 saturated carbocycles. The van der Waals surface area contributed by atoms with E-state index in [-0.39, 0.29) is 6.61 Å². The lowest BCUT2D eigenvalue weighted by molar-refractivity contribution is 0.186. The minimum absolute atomic E-state index is 0.116. The van der Waals surface area contributed by atoms with Gasteiger partial charge in [0.15, 0.2) is 0 Å². The molecule has 0 rings (SSSR count). The Morgan fingerprint density at radius 2 is 1.00 bits per heavy atom. The van der Waals surface area contributed by atoms with E-state index < -0.39 is 0 Å². The second-order valence-corrected chi connectivity index (χ2v) is 4.67. The summed E-state index contributed by atoms with van der Waals surface area (Å²) in [5, 5.41) is 10.2. The molecule has 0 unspecified atom stereocenters.